The van der Waals surface area contributed by atoms with Crippen molar-refractivity contribution >= 4 is 34.0 Å². The van der Waals surface area contributed by atoms with Crippen molar-refractivity contribution < 1.29 is 22.8 Å². The van der Waals surface area contributed by atoms with Crippen LogP contribution in [0.4, 0.5) is 24.0 Å². The van der Waals surface area contributed by atoms with Gasteiger partial charge >= 0.3 is 6.18 Å². The van der Waals surface area contributed by atoms with Crippen molar-refractivity contribution in [1.29, 1.82) is 0 Å². The number of nitrogens with zero attached hydrogens (tertiary/aromatic N) is 4. The summed E-state index contributed by atoms with van der Waals surface area (Å²) < 4.78 is 39.3. The van der Waals surface area contributed by atoms with Gasteiger partial charge in [-0.2, -0.15) is 13.2 Å². The molecule has 3 aliphatic rings. The largest absolute Gasteiger partial charge is 0.416 e. The fourth-order valence-electron chi connectivity index (χ4n) is 6.03. The van der Waals surface area contributed by atoms with Gasteiger partial charge in [-0.1, -0.05) is 31.7 Å². The SMILES string of the molecule is O=C(CCC1CCCC1)NCC1CCN(c2nc(C(=O)N3CCN(c4cccc(C(F)(F)F)c4)CC3)cs2)CC1. The Labute approximate surface area is 237 Å². The maximum absolute atomic E-state index is 13.1. The summed E-state index contributed by atoms with van der Waals surface area (Å²) in [6.07, 6.45) is 4.39. The summed E-state index contributed by atoms with van der Waals surface area (Å²) in [5.41, 5.74) is 0.274. The van der Waals surface area contributed by atoms with Gasteiger partial charge in [0.2, 0.25) is 5.91 Å². The molecule has 1 saturated carbocycles. The Morgan fingerprint density at radius 1 is 0.950 bits per heavy atom. The maximum Gasteiger partial charge on any atom is 0.416 e. The van der Waals surface area contributed by atoms with Crippen molar-refractivity contribution in [2.75, 3.05) is 55.6 Å². The minimum Gasteiger partial charge on any atom is -0.368 e. The predicted molar refractivity (Wildman–Crippen MR) is 151 cm³/mol. The monoisotopic (exact) mass is 577 g/mol. The zero-order chi connectivity index (χ0) is 28.1. The number of piperidine rings is 1. The molecule has 0 unspecified atom stereocenters. The van der Waals surface area contributed by atoms with E-state index in [2.05, 4.69) is 15.2 Å². The van der Waals surface area contributed by atoms with Gasteiger partial charge in [-0.05, 0) is 49.3 Å². The van der Waals surface area contributed by atoms with Crippen LogP contribution in [0.3, 0.4) is 0 Å². The van der Waals surface area contributed by atoms with E-state index in [-0.39, 0.29) is 11.8 Å². The number of hydrogen-bond donors (Lipinski definition) is 1. The Hall–Kier alpha value is -2.82. The van der Waals surface area contributed by atoms with E-state index in [1.54, 1.807) is 16.3 Å². The Balaban J connectivity index is 1.04. The zero-order valence-electron chi connectivity index (χ0n) is 22.8. The van der Waals surface area contributed by atoms with E-state index >= 15 is 0 Å². The van der Waals surface area contributed by atoms with Crippen molar-refractivity contribution in [3.05, 3.63) is 40.9 Å². The highest BCUT2D eigenvalue weighted by Crippen LogP contribution is 2.32. The molecule has 0 atom stereocenters. The predicted octanol–water partition coefficient (Wildman–Crippen LogP) is 5.43. The van der Waals surface area contributed by atoms with Crippen LogP contribution in [0, 0.1) is 11.8 Å². The zero-order valence-corrected chi connectivity index (χ0v) is 23.6. The van der Waals surface area contributed by atoms with E-state index in [4.69, 9.17) is 0 Å². The third-order valence-corrected chi connectivity index (χ3v) is 9.45. The van der Waals surface area contributed by atoms with Gasteiger partial charge in [0.15, 0.2) is 5.13 Å². The number of carbonyl (C=O) groups excluding carboxylic acids is 2. The molecular formula is C29H38F3N5O2S. The normalized spacial score (nSPS) is 19.3. The van der Waals surface area contributed by atoms with Crippen molar-refractivity contribution in [2.45, 2.75) is 57.5 Å². The molecule has 1 aromatic heterocycles. The first-order valence-corrected chi connectivity index (χ1v) is 15.3. The van der Waals surface area contributed by atoms with Crippen molar-refractivity contribution in [2.24, 2.45) is 11.8 Å². The lowest BCUT2D eigenvalue weighted by molar-refractivity contribution is -0.137. The molecule has 218 valence electrons. The van der Waals surface area contributed by atoms with Crippen LogP contribution in [0.5, 0.6) is 0 Å². The number of halogens is 3. The standard InChI is InChI=1S/C29H38F3N5O2S/c30-29(31,32)23-6-3-7-24(18-23)35-14-16-36(17-15-35)27(39)25-20-40-28(34-25)37-12-10-22(11-13-37)19-33-26(38)9-8-21-4-1-2-5-21/h3,6-7,18,20-22H,1-2,4-5,8-17,19H2,(H,33,38). The van der Waals surface area contributed by atoms with E-state index in [1.165, 1.54) is 49.2 Å². The van der Waals surface area contributed by atoms with Crippen LogP contribution < -0.4 is 15.1 Å². The number of thiazole rings is 1. The summed E-state index contributed by atoms with van der Waals surface area (Å²) in [5, 5.41) is 5.77. The van der Waals surface area contributed by atoms with Gasteiger partial charge in [0.1, 0.15) is 5.69 Å². The van der Waals surface area contributed by atoms with Gasteiger partial charge in [0.05, 0.1) is 5.56 Å². The van der Waals surface area contributed by atoms with Gasteiger partial charge in [0.25, 0.3) is 5.91 Å². The number of rotatable bonds is 8. The molecule has 40 heavy (non-hydrogen) atoms. The van der Waals surface area contributed by atoms with Crippen LogP contribution in [0.1, 0.15) is 67.4 Å². The Bertz CT molecular complexity index is 1150. The third kappa shape index (κ3) is 7.27. The van der Waals surface area contributed by atoms with E-state index < -0.39 is 11.7 Å². The molecule has 2 aliphatic heterocycles. The van der Waals surface area contributed by atoms with Crippen LogP contribution in [-0.4, -0.2) is 67.5 Å². The topological polar surface area (TPSA) is 68.8 Å². The smallest absolute Gasteiger partial charge is 0.368 e. The first-order chi connectivity index (χ1) is 19.3. The molecule has 2 amide bonds. The fraction of sp³-hybridized carbons (Fsp3) is 0.621. The molecule has 2 aromatic rings. The van der Waals surface area contributed by atoms with Gasteiger partial charge in [-0.15, -0.1) is 11.3 Å². The number of alkyl halides is 3. The summed E-state index contributed by atoms with van der Waals surface area (Å²) in [6.45, 7) is 4.22. The second-order valence-corrected chi connectivity index (χ2v) is 12.1. The second-order valence-electron chi connectivity index (χ2n) is 11.3. The quantitative estimate of drug-likeness (QED) is 0.454. The first kappa shape index (κ1) is 28.7. The average molecular weight is 578 g/mol. The Morgan fingerprint density at radius 2 is 1.68 bits per heavy atom. The van der Waals surface area contributed by atoms with Gasteiger partial charge < -0.3 is 20.0 Å². The summed E-state index contributed by atoms with van der Waals surface area (Å²) in [7, 11) is 0. The van der Waals surface area contributed by atoms with E-state index in [0.29, 0.717) is 49.9 Å². The van der Waals surface area contributed by atoms with Crippen LogP contribution in [0.2, 0.25) is 0 Å². The number of carbonyl (C=O) groups is 2. The minimum atomic E-state index is -4.38. The van der Waals surface area contributed by atoms with E-state index in [9.17, 15) is 22.8 Å². The van der Waals surface area contributed by atoms with Crippen LogP contribution in [-0.2, 0) is 11.0 Å². The molecule has 1 aliphatic carbocycles. The Morgan fingerprint density at radius 3 is 2.38 bits per heavy atom. The molecule has 0 bridgehead atoms. The summed E-state index contributed by atoms with van der Waals surface area (Å²) in [6, 6.07) is 5.33. The van der Waals surface area contributed by atoms with Crippen LogP contribution in [0.25, 0.3) is 0 Å². The van der Waals surface area contributed by atoms with Crippen LogP contribution >= 0.6 is 11.3 Å². The van der Waals surface area contributed by atoms with Crippen molar-refractivity contribution in [1.82, 2.24) is 15.2 Å². The lowest BCUT2D eigenvalue weighted by Crippen LogP contribution is -2.49. The minimum absolute atomic E-state index is 0.138. The molecular weight excluding hydrogens is 539 g/mol. The number of nitrogens with one attached hydrogen (secondary N) is 1. The number of piperazine rings is 1. The summed E-state index contributed by atoms with van der Waals surface area (Å²) in [4.78, 5) is 35.8. The second kappa shape index (κ2) is 12.8. The molecule has 11 heteroatoms. The van der Waals surface area contributed by atoms with Crippen molar-refractivity contribution in [3.8, 4) is 0 Å². The average Bonchev–Trinajstić information content (AvgIpc) is 3.68. The number of hydrogen-bond acceptors (Lipinski definition) is 6. The highest BCUT2D eigenvalue weighted by atomic mass is 32.1. The van der Waals surface area contributed by atoms with Crippen molar-refractivity contribution in [3.63, 3.8) is 0 Å². The lowest BCUT2D eigenvalue weighted by Gasteiger charge is -2.36. The fourth-order valence-corrected chi connectivity index (χ4v) is 6.88. The van der Waals surface area contributed by atoms with E-state index in [1.807, 2.05) is 4.90 Å². The third-order valence-electron chi connectivity index (χ3n) is 8.54. The van der Waals surface area contributed by atoms with Gasteiger partial charge in [-0.25, -0.2) is 4.98 Å². The van der Waals surface area contributed by atoms with Crippen LogP contribution in [0.15, 0.2) is 29.6 Å². The molecule has 5 rings (SSSR count). The highest BCUT2D eigenvalue weighted by molar-refractivity contribution is 7.13. The van der Waals surface area contributed by atoms with Gasteiger partial charge in [-0.3, -0.25) is 9.59 Å². The van der Waals surface area contributed by atoms with Gasteiger partial charge in [0, 0.05) is 63.3 Å². The number of benzene rings is 1. The summed E-state index contributed by atoms with van der Waals surface area (Å²) in [5.74, 6) is 1.23. The number of anilines is 2. The lowest BCUT2D eigenvalue weighted by atomic mass is 9.97. The molecule has 2 saturated heterocycles. The molecule has 3 heterocycles. The molecule has 1 N–H and O–H groups in total. The molecule has 1 aromatic carbocycles. The number of aromatic nitrogens is 1. The Kier molecular flexibility index (Phi) is 9.17. The van der Waals surface area contributed by atoms with E-state index in [0.717, 1.165) is 56.0 Å². The molecule has 7 nitrogen and oxygen atoms in total. The molecule has 3 fully saturated rings. The summed E-state index contributed by atoms with van der Waals surface area (Å²) >= 11 is 1.47. The molecule has 0 radical (unpaired) electrons. The first-order valence-electron chi connectivity index (χ1n) is 14.4. The maximum atomic E-state index is 13.1. The molecule has 0 spiro atoms. The highest BCUT2D eigenvalue weighted by Gasteiger charge is 2.32. The number of amides is 2.